The van der Waals surface area contributed by atoms with Crippen molar-refractivity contribution in [2.24, 2.45) is 0 Å². The van der Waals surface area contributed by atoms with Crippen molar-refractivity contribution in [2.45, 2.75) is 12.5 Å². The molecule has 0 radical (unpaired) electrons. The van der Waals surface area contributed by atoms with Gasteiger partial charge in [0.2, 0.25) is 0 Å². The minimum absolute atomic E-state index is 0.142. The molecule has 0 spiro atoms. The number of nitro benzene ring substituents is 1. The molecule has 0 amide bonds. The van der Waals surface area contributed by atoms with Crippen LogP contribution in [0.2, 0.25) is 0 Å². The Balaban J connectivity index is 2.31. The van der Waals surface area contributed by atoms with Crippen LogP contribution in [0.25, 0.3) is 0 Å². The number of nitro groups is 1. The fraction of sp³-hybridized carbons (Fsp3) is 0.125. The van der Waals surface area contributed by atoms with Crippen LogP contribution in [-0.4, -0.2) is 27.1 Å². The van der Waals surface area contributed by atoms with E-state index in [4.69, 9.17) is 14.9 Å². The van der Waals surface area contributed by atoms with Crippen LogP contribution in [0.1, 0.15) is 17.0 Å². The van der Waals surface area contributed by atoms with Crippen LogP contribution in [0.4, 0.5) is 5.69 Å². The number of carboxylic acids is 2. The first kappa shape index (κ1) is 16.9. The number of carbonyl (C=O) groups is 2. The van der Waals surface area contributed by atoms with Crippen LogP contribution in [-0.2, 0) is 16.2 Å². The summed E-state index contributed by atoms with van der Waals surface area (Å²) in [4.78, 5) is 32.5. The Morgan fingerprint density at radius 3 is 2.25 bits per heavy atom. The molecule has 0 atom stereocenters. The molecule has 0 saturated heterocycles. The molecule has 0 bridgehead atoms. The molecule has 0 unspecified atom stereocenters. The minimum Gasteiger partial charge on any atom is -0.489 e. The Hall–Kier alpha value is -3.42. The zero-order chi connectivity index (χ0) is 17.7. The van der Waals surface area contributed by atoms with Crippen molar-refractivity contribution in [2.75, 3.05) is 0 Å². The summed E-state index contributed by atoms with van der Waals surface area (Å²) >= 11 is 0. The molecule has 0 fully saturated rings. The monoisotopic (exact) mass is 331 g/mol. The molecule has 0 aromatic heterocycles. The number of carboxylic acid groups (broad SMARTS) is 2. The first-order valence-electron chi connectivity index (χ1n) is 6.81. The van der Waals surface area contributed by atoms with Gasteiger partial charge in [-0.15, -0.1) is 0 Å². The lowest BCUT2D eigenvalue weighted by atomic mass is 9.97. The second-order valence-corrected chi connectivity index (χ2v) is 4.86. The van der Waals surface area contributed by atoms with E-state index in [1.54, 1.807) is 0 Å². The molecule has 8 nitrogen and oxygen atoms in total. The predicted octanol–water partition coefficient (Wildman–Crippen LogP) is 2.43. The second kappa shape index (κ2) is 7.23. The molecule has 124 valence electrons. The van der Waals surface area contributed by atoms with Gasteiger partial charge in [-0.05, 0) is 17.7 Å². The van der Waals surface area contributed by atoms with E-state index in [1.807, 2.05) is 30.3 Å². The van der Waals surface area contributed by atoms with Gasteiger partial charge in [0, 0.05) is 0 Å². The topological polar surface area (TPSA) is 127 Å². The number of rotatable bonds is 7. The summed E-state index contributed by atoms with van der Waals surface area (Å²) in [6.07, 6.45) is 0. The highest BCUT2D eigenvalue weighted by atomic mass is 16.6. The van der Waals surface area contributed by atoms with Gasteiger partial charge in [0.15, 0.2) is 5.92 Å². The lowest BCUT2D eigenvalue weighted by molar-refractivity contribution is -0.385. The summed E-state index contributed by atoms with van der Waals surface area (Å²) in [5.41, 5.74) is -0.180. The van der Waals surface area contributed by atoms with E-state index in [0.717, 1.165) is 17.7 Å². The molecular weight excluding hydrogens is 318 g/mol. The number of aliphatic carboxylic acids is 2. The fourth-order valence-corrected chi connectivity index (χ4v) is 2.13. The molecule has 8 heteroatoms. The lowest BCUT2D eigenvalue weighted by Gasteiger charge is -2.11. The van der Waals surface area contributed by atoms with Gasteiger partial charge in [0.25, 0.3) is 5.69 Å². The molecule has 0 aliphatic carbocycles. The lowest BCUT2D eigenvalue weighted by Crippen LogP contribution is -2.22. The summed E-state index contributed by atoms with van der Waals surface area (Å²) in [6, 6.07) is 12.5. The number of hydrogen-bond donors (Lipinski definition) is 2. The van der Waals surface area contributed by atoms with Crippen molar-refractivity contribution in [3.8, 4) is 5.75 Å². The summed E-state index contributed by atoms with van der Waals surface area (Å²) in [5, 5.41) is 29.1. The van der Waals surface area contributed by atoms with E-state index >= 15 is 0 Å². The summed E-state index contributed by atoms with van der Waals surface area (Å²) in [5.74, 6) is -5.23. The van der Waals surface area contributed by atoms with Crippen LogP contribution in [0.15, 0.2) is 48.5 Å². The van der Waals surface area contributed by atoms with Crippen molar-refractivity contribution in [1.29, 1.82) is 0 Å². The number of ether oxygens (including phenoxy) is 1. The smallest absolute Gasteiger partial charge is 0.322 e. The third-order valence-corrected chi connectivity index (χ3v) is 3.25. The number of benzene rings is 2. The minimum atomic E-state index is -2.02. The maximum atomic E-state index is 11.2. The summed E-state index contributed by atoms with van der Waals surface area (Å²) in [7, 11) is 0. The first-order valence-corrected chi connectivity index (χ1v) is 6.81. The Morgan fingerprint density at radius 2 is 1.71 bits per heavy atom. The van der Waals surface area contributed by atoms with E-state index in [-0.39, 0.29) is 12.4 Å². The highest BCUT2D eigenvalue weighted by molar-refractivity contribution is 6.00. The van der Waals surface area contributed by atoms with Crippen LogP contribution in [0.5, 0.6) is 5.75 Å². The fourth-order valence-electron chi connectivity index (χ4n) is 2.13. The molecule has 2 rings (SSSR count). The number of hydrogen-bond acceptors (Lipinski definition) is 5. The van der Waals surface area contributed by atoms with E-state index in [1.165, 1.54) is 6.07 Å². The summed E-state index contributed by atoms with van der Waals surface area (Å²) < 4.78 is 5.44. The van der Waals surface area contributed by atoms with E-state index < -0.39 is 34.0 Å². The molecule has 0 aliphatic rings. The van der Waals surface area contributed by atoms with Gasteiger partial charge in [-0.25, -0.2) is 0 Å². The second-order valence-electron chi connectivity index (χ2n) is 4.86. The van der Waals surface area contributed by atoms with Gasteiger partial charge in [0.1, 0.15) is 12.4 Å². The van der Waals surface area contributed by atoms with Gasteiger partial charge in [-0.2, -0.15) is 0 Å². The first-order chi connectivity index (χ1) is 11.4. The maximum absolute atomic E-state index is 11.2. The highest BCUT2D eigenvalue weighted by Crippen LogP contribution is 2.31. The Kier molecular flexibility index (Phi) is 5.10. The quantitative estimate of drug-likeness (QED) is 0.453. The van der Waals surface area contributed by atoms with E-state index in [2.05, 4.69) is 0 Å². The largest absolute Gasteiger partial charge is 0.489 e. The molecule has 0 heterocycles. The van der Waals surface area contributed by atoms with Crippen LogP contribution >= 0.6 is 0 Å². The zero-order valence-electron chi connectivity index (χ0n) is 12.3. The van der Waals surface area contributed by atoms with Gasteiger partial charge >= 0.3 is 11.9 Å². The van der Waals surface area contributed by atoms with Crippen molar-refractivity contribution in [3.63, 3.8) is 0 Å². The molecule has 0 aliphatic heterocycles. The van der Waals surface area contributed by atoms with Crippen LogP contribution in [0.3, 0.4) is 0 Å². The summed E-state index contributed by atoms with van der Waals surface area (Å²) in [6.45, 7) is 0.165. The average Bonchev–Trinajstić information content (AvgIpc) is 2.54. The average molecular weight is 331 g/mol. The van der Waals surface area contributed by atoms with Gasteiger partial charge in [0.05, 0.1) is 16.6 Å². The molecule has 24 heavy (non-hydrogen) atoms. The molecular formula is C16H13NO7. The Bertz CT molecular complexity index is 759. The van der Waals surface area contributed by atoms with Crippen LogP contribution in [0, 0.1) is 10.1 Å². The standard InChI is InChI=1S/C16H13NO7/c18-15(19)14(16(20)21)12-7-6-11(8-13(12)17(22)23)24-9-10-4-2-1-3-5-10/h1-8,14H,9H2,(H,18,19)(H,20,21). The van der Waals surface area contributed by atoms with E-state index in [0.29, 0.717) is 0 Å². The predicted molar refractivity (Wildman–Crippen MR) is 81.9 cm³/mol. The van der Waals surface area contributed by atoms with Gasteiger partial charge in [-0.1, -0.05) is 30.3 Å². The van der Waals surface area contributed by atoms with Gasteiger partial charge in [-0.3, -0.25) is 19.7 Å². The van der Waals surface area contributed by atoms with Crippen molar-refractivity contribution < 1.29 is 29.5 Å². The van der Waals surface area contributed by atoms with Crippen molar-refractivity contribution >= 4 is 17.6 Å². The third-order valence-electron chi connectivity index (χ3n) is 3.25. The maximum Gasteiger partial charge on any atom is 0.322 e. The Labute approximate surface area is 136 Å². The number of nitrogens with zero attached hydrogens (tertiary/aromatic N) is 1. The Morgan fingerprint density at radius 1 is 1.08 bits per heavy atom. The zero-order valence-corrected chi connectivity index (χ0v) is 12.3. The molecule has 2 N–H and O–H groups in total. The van der Waals surface area contributed by atoms with Crippen molar-refractivity contribution in [3.05, 3.63) is 69.8 Å². The molecule has 2 aromatic carbocycles. The molecule has 2 aromatic rings. The third kappa shape index (κ3) is 3.86. The van der Waals surface area contributed by atoms with Crippen molar-refractivity contribution in [1.82, 2.24) is 0 Å². The SMILES string of the molecule is O=C(O)C(C(=O)O)c1ccc(OCc2ccccc2)cc1[N+](=O)[O-]. The van der Waals surface area contributed by atoms with E-state index in [9.17, 15) is 19.7 Å². The normalized spacial score (nSPS) is 10.4. The van der Waals surface area contributed by atoms with Crippen LogP contribution < -0.4 is 4.74 Å². The highest BCUT2D eigenvalue weighted by Gasteiger charge is 2.34. The van der Waals surface area contributed by atoms with Gasteiger partial charge < -0.3 is 14.9 Å². The molecule has 0 saturated carbocycles.